The lowest BCUT2D eigenvalue weighted by molar-refractivity contribution is -0.124. The van der Waals surface area contributed by atoms with Crippen LogP contribution >= 0.6 is 0 Å². The lowest BCUT2D eigenvalue weighted by Gasteiger charge is -2.22. The molecule has 3 amide bonds. The summed E-state index contributed by atoms with van der Waals surface area (Å²) in [4.78, 5) is 23.2. The van der Waals surface area contributed by atoms with Gasteiger partial charge in [-0.3, -0.25) is 4.79 Å². The van der Waals surface area contributed by atoms with Gasteiger partial charge >= 0.3 is 12.6 Å². The van der Waals surface area contributed by atoms with Gasteiger partial charge in [-0.25, -0.2) is 4.79 Å². The third-order valence-corrected chi connectivity index (χ3v) is 3.43. The fourth-order valence-electron chi connectivity index (χ4n) is 2.01. The molecule has 1 aromatic rings. The van der Waals surface area contributed by atoms with Gasteiger partial charge < -0.3 is 21.1 Å². The van der Waals surface area contributed by atoms with Gasteiger partial charge in [0.15, 0.2) is 0 Å². The van der Waals surface area contributed by atoms with E-state index in [1.807, 2.05) is 6.92 Å². The van der Waals surface area contributed by atoms with Crippen LogP contribution in [0.4, 0.5) is 13.6 Å². The number of carbonyl (C=O) groups is 2. The third-order valence-electron chi connectivity index (χ3n) is 3.43. The van der Waals surface area contributed by atoms with Crippen molar-refractivity contribution in [2.75, 3.05) is 0 Å². The first kappa shape index (κ1) is 18.7. The lowest BCUT2D eigenvalue weighted by atomic mass is 9.98. The average molecular weight is 329 g/mol. The standard InChI is InChI=1S/C15H21F2N3O3/c1-3-9(2)12(20-15(18)22)13(21)19-8-10-6-4-5-7-11(10)23-14(16)17/h4-7,9,12,14H,3,8H2,1-2H3,(H,19,21)(H3,18,20,22)/t9-,12-/m0/s1. The van der Waals surface area contributed by atoms with Crippen molar-refractivity contribution >= 4 is 11.9 Å². The Morgan fingerprint density at radius 2 is 1.96 bits per heavy atom. The van der Waals surface area contributed by atoms with Crippen LogP contribution < -0.4 is 21.1 Å². The SMILES string of the molecule is CC[C@H](C)[C@H](NC(N)=O)C(=O)NCc1ccccc1OC(F)F. The van der Waals surface area contributed by atoms with Crippen molar-refractivity contribution in [1.29, 1.82) is 0 Å². The Hall–Kier alpha value is -2.38. The van der Waals surface area contributed by atoms with Crippen molar-refractivity contribution in [3.8, 4) is 5.75 Å². The summed E-state index contributed by atoms with van der Waals surface area (Å²) in [6, 6.07) is 4.57. The number of primary amides is 1. The minimum Gasteiger partial charge on any atom is -0.434 e. The molecule has 0 heterocycles. The van der Waals surface area contributed by atoms with E-state index in [1.54, 1.807) is 25.1 Å². The van der Waals surface area contributed by atoms with Gasteiger partial charge in [0.1, 0.15) is 11.8 Å². The molecule has 8 heteroatoms. The Morgan fingerprint density at radius 3 is 2.52 bits per heavy atom. The van der Waals surface area contributed by atoms with Crippen LogP contribution in [-0.2, 0) is 11.3 Å². The zero-order valence-corrected chi connectivity index (χ0v) is 13.0. The molecule has 0 aliphatic heterocycles. The van der Waals surface area contributed by atoms with Crippen LogP contribution in [0.25, 0.3) is 0 Å². The van der Waals surface area contributed by atoms with Crippen molar-refractivity contribution in [3.63, 3.8) is 0 Å². The Morgan fingerprint density at radius 1 is 1.30 bits per heavy atom. The topological polar surface area (TPSA) is 93.5 Å². The maximum Gasteiger partial charge on any atom is 0.387 e. The molecule has 0 saturated heterocycles. The molecule has 0 aliphatic rings. The van der Waals surface area contributed by atoms with E-state index in [0.29, 0.717) is 12.0 Å². The van der Waals surface area contributed by atoms with Crippen LogP contribution in [0.2, 0.25) is 0 Å². The molecule has 0 aliphatic carbocycles. The number of nitrogens with one attached hydrogen (secondary N) is 2. The van der Waals surface area contributed by atoms with Crippen molar-refractivity contribution in [2.45, 2.75) is 39.5 Å². The van der Waals surface area contributed by atoms with Crippen LogP contribution in [0, 0.1) is 5.92 Å². The summed E-state index contributed by atoms with van der Waals surface area (Å²) in [5.74, 6) is -0.578. The fourth-order valence-corrected chi connectivity index (χ4v) is 2.01. The number of alkyl halides is 2. The molecule has 0 fully saturated rings. The third kappa shape index (κ3) is 6.09. The van der Waals surface area contributed by atoms with Crippen LogP contribution in [0.15, 0.2) is 24.3 Å². The highest BCUT2D eigenvalue weighted by molar-refractivity contribution is 5.86. The molecule has 1 aromatic carbocycles. The summed E-state index contributed by atoms with van der Waals surface area (Å²) in [7, 11) is 0. The number of rotatable bonds is 8. The predicted octanol–water partition coefficient (Wildman–Crippen LogP) is 1.99. The fraction of sp³-hybridized carbons (Fsp3) is 0.467. The summed E-state index contributed by atoms with van der Waals surface area (Å²) in [6.45, 7) is 0.721. The van der Waals surface area contributed by atoms with Crippen molar-refractivity contribution in [2.24, 2.45) is 11.7 Å². The monoisotopic (exact) mass is 329 g/mol. The van der Waals surface area contributed by atoms with Crippen LogP contribution in [0.5, 0.6) is 5.75 Å². The Labute approximate surface area is 133 Å². The van der Waals surface area contributed by atoms with Gasteiger partial charge in [-0.2, -0.15) is 8.78 Å². The van der Waals surface area contributed by atoms with Crippen molar-refractivity contribution in [3.05, 3.63) is 29.8 Å². The highest BCUT2D eigenvalue weighted by Gasteiger charge is 2.25. The first-order chi connectivity index (χ1) is 10.8. The summed E-state index contributed by atoms with van der Waals surface area (Å²) < 4.78 is 29.1. The Kier molecular flexibility index (Phi) is 7.24. The molecule has 1 rings (SSSR count). The van der Waals surface area contributed by atoms with Crippen molar-refractivity contribution in [1.82, 2.24) is 10.6 Å². The molecular weight excluding hydrogens is 308 g/mol. The molecule has 4 N–H and O–H groups in total. The van der Waals surface area contributed by atoms with Gasteiger partial charge in [-0.1, -0.05) is 38.5 Å². The van der Waals surface area contributed by atoms with Gasteiger partial charge in [0.2, 0.25) is 5.91 Å². The normalized spacial score (nSPS) is 13.3. The van der Waals surface area contributed by atoms with E-state index in [2.05, 4.69) is 15.4 Å². The number of para-hydroxylation sites is 1. The number of benzene rings is 1. The van der Waals surface area contributed by atoms with E-state index in [-0.39, 0.29) is 18.2 Å². The van der Waals surface area contributed by atoms with Gasteiger partial charge in [0.25, 0.3) is 0 Å². The average Bonchev–Trinajstić information content (AvgIpc) is 2.50. The van der Waals surface area contributed by atoms with Crippen LogP contribution in [0.1, 0.15) is 25.8 Å². The number of hydrogen-bond acceptors (Lipinski definition) is 3. The first-order valence-corrected chi connectivity index (χ1v) is 7.21. The van der Waals surface area contributed by atoms with E-state index >= 15 is 0 Å². The smallest absolute Gasteiger partial charge is 0.387 e. The van der Waals surface area contributed by atoms with Gasteiger partial charge in [0, 0.05) is 12.1 Å². The number of hydrogen-bond donors (Lipinski definition) is 3. The highest BCUT2D eigenvalue weighted by atomic mass is 19.3. The molecule has 0 radical (unpaired) electrons. The van der Waals surface area contributed by atoms with Gasteiger partial charge in [0.05, 0.1) is 0 Å². The quantitative estimate of drug-likeness (QED) is 0.681. The predicted molar refractivity (Wildman–Crippen MR) is 80.9 cm³/mol. The zero-order chi connectivity index (χ0) is 17.4. The molecule has 0 bridgehead atoms. The highest BCUT2D eigenvalue weighted by Crippen LogP contribution is 2.20. The number of urea groups is 1. The Bertz CT molecular complexity index is 540. The first-order valence-electron chi connectivity index (χ1n) is 7.21. The maximum absolute atomic E-state index is 12.4. The van der Waals surface area contributed by atoms with Gasteiger partial charge in [-0.15, -0.1) is 0 Å². The Balaban J connectivity index is 2.75. The number of halogens is 2. The van der Waals surface area contributed by atoms with E-state index in [9.17, 15) is 18.4 Å². The summed E-state index contributed by atoms with van der Waals surface area (Å²) in [5, 5.41) is 4.99. The number of ether oxygens (including phenoxy) is 1. The second kappa shape index (κ2) is 8.92. The summed E-state index contributed by atoms with van der Waals surface area (Å²) in [5.41, 5.74) is 5.48. The number of carbonyl (C=O) groups excluding carboxylic acids is 2. The minimum atomic E-state index is -2.95. The van der Waals surface area contributed by atoms with E-state index < -0.39 is 24.6 Å². The number of nitrogens with two attached hydrogens (primary N) is 1. The molecule has 23 heavy (non-hydrogen) atoms. The van der Waals surface area contributed by atoms with E-state index in [4.69, 9.17) is 5.73 Å². The molecule has 0 aromatic heterocycles. The molecule has 0 saturated carbocycles. The van der Waals surface area contributed by atoms with E-state index in [0.717, 1.165) is 0 Å². The van der Waals surface area contributed by atoms with Crippen LogP contribution in [0.3, 0.4) is 0 Å². The summed E-state index contributed by atoms with van der Waals surface area (Å²) in [6.07, 6.45) is 0.656. The summed E-state index contributed by atoms with van der Waals surface area (Å²) >= 11 is 0. The molecular formula is C15H21F2N3O3. The second-order valence-corrected chi connectivity index (χ2v) is 5.08. The zero-order valence-electron chi connectivity index (χ0n) is 13.0. The molecule has 6 nitrogen and oxygen atoms in total. The van der Waals surface area contributed by atoms with E-state index in [1.165, 1.54) is 6.07 Å². The minimum absolute atomic E-state index is 0.00486. The van der Waals surface area contributed by atoms with Gasteiger partial charge in [-0.05, 0) is 12.0 Å². The second-order valence-electron chi connectivity index (χ2n) is 5.08. The number of amides is 3. The molecule has 2 atom stereocenters. The lowest BCUT2D eigenvalue weighted by Crippen LogP contribution is -2.51. The largest absolute Gasteiger partial charge is 0.434 e. The molecule has 128 valence electrons. The van der Waals surface area contributed by atoms with Crippen LogP contribution in [-0.4, -0.2) is 24.6 Å². The van der Waals surface area contributed by atoms with Crippen molar-refractivity contribution < 1.29 is 23.1 Å². The molecule has 0 unspecified atom stereocenters. The molecule has 0 spiro atoms. The maximum atomic E-state index is 12.4.